The molecular formula is C20H20FN3O3S. The minimum atomic E-state index is -0.541. The first-order valence-corrected chi connectivity index (χ1v) is 9.95. The van der Waals surface area contributed by atoms with E-state index in [0.29, 0.717) is 16.5 Å². The van der Waals surface area contributed by atoms with Gasteiger partial charge in [-0.15, -0.1) is 11.3 Å². The molecule has 0 saturated heterocycles. The number of carbonyl (C=O) groups excluding carboxylic acids is 2. The second-order valence-electron chi connectivity index (χ2n) is 7.07. The monoisotopic (exact) mass is 401 g/mol. The van der Waals surface area contributed by atoms with Crippen molar-refractivity contribution in [2.75, 3.05) is 6.61 Å². The molecule has 1 saturated carbocycles. The molecule has 1 aliphatic carbocycles. The van der Waals surface area contributed by atoms with E-state index < -0.39 is 5.97 Å². The Morgan fingerprint density at radius 1 is 1.36 bits per heavy atom. The minimum Gasteiger partial charge on any atom is -0.451 e. The van der Waals surface area contributed by atoms with Gasteiger partial charge in [-0.3, -0.25) is 4.79 Å². The quantitative estimate of drug-likeness (QED) is 0.641. The molecule has 3 aromatic rings. The molecule has 0 bridgehead atoms. The lowest BCUT2D eigenvalue weighted by Gasteiger charge is -2.12. The number of thiophene rings is 1. The smallest absolute Gasteiger partial charge is 0.348 e. The zero-order valence-electron chi connectivity index (χ0n) is 15.6. The molecule has 4 rings (SSSR count). The molecule has 8 heteroatoms. The first-order valence-electron chi connectivity index (χ1n) is 9.14. The molecular weight excluding hydrogens is 381 g/mol. The van der Waals surface area contributed by atoms with Gasteiger partial charge >= 0.3 is 5.97 Å². The molecule has 2 heterocycles. The summed E-state index contributed by atoms with van der Waals surface area (Å²) in [7, 11) is 0. The van der Waals surface area contributed by atoms with Crippen LogP contribution in [-0.2, 0) is 9.53 Å². The van der Waals surface area contributed by atoms with E-state index in [1.54, 1.807) is 22.9 Å². The number of nitrogens with zero attached hydrogens (tertiary/aromatic N) is 2. The van der Waals surface area contributed by atoms with Gasteiger partial charge in [0.25, 0.3) is 5.91 Å². The molecule has 1 aromatic carbocycles. The van der Waals surface area contributed by atoms with Gasteiger partial charge in [-0.2, -0.15) is 5.10 Å². The van der Waals surface area contributed by atoms with Gasteiger partial charge < -0.3 is 10.1 Å². The van der Waals surface area contributed by atoms with Gasteiger partial charge in [0.15, 0.2) is 6.61 Å². The van der Waals surface area contributed by atoms with E-state index >= 15 is 0 Å². The molecule has 1 N–H and O–H groups in total. The fourth-order valence-electron chi connectivity index (χ4n) is 3.12. The number of rotatable bonds is 6. The fraction of sp³-hybridized carbons (Fsp3) is 0.350. The number of aromatic nitrogens is 2. The Balaban J connectivity index is 1.48. The number of esters is 1. The number of benzene rings is 1. The first kappa shape index (κ1) is 18.6. The third-order valence-corrected chi connectivity index (χ3v) is 5.96. The zero-order chi connectivity index (χ0) is 19.8. The number of hydrogen-bond donors (Lipinski definition) is 1. The van der Waals surface area contributed by atoms with E-state index in [9.17, 15) is 14.0 Å². The summed E-state index contributed by atoms with van der Waals surface area (Å²) in [5.74, 6) is -0.615. The van der Waals surface area contributed by atoms with Gasteiger partial charge in [0.05, 0.1) is 11.4 Å². The lowest BCUT2D eigenvalue weighted by molar-refractivity contribution is -0.124. The summed E-state index contributed by atoms with van der Waals surface area (Å²) in [4.78, 5) is 25.5. The Morgan fingerprint density at radius 3 is 2.75 bits per heavy atom. The van der Waals surface area contributed by atoms with Crippen LogP contribution in [0.4, 0.5) is 4.39 Å². The van der Waals surface area contributed by atoms with E-state index in [1.165, 1.54) is 23.5 Å². The summed E-state index contributed by atoms with van der Waals surface area (Å²) in [6.45, 7) is 3.51. The molecule has 28 heavy (non-hydrogen) atoms. The Morgan fingerprint density at radius 2 is 2.07 bits per heavy atom. The van der Waals surface area contributed by atoms with Crippen molar-refractivity contribution in [1.29, 1.82) is 0 Å². The molecule has 0 unspecified atom stereocenters. The van der Waals surface area contributed by atoms with Crippen molar-refractivity contribution in [1.82, 2.24) is 15.1 Å². The van der Waals surface area contributed by atoms with Gasteiger partial charge in [-0.05, 0) is 62.9 Å². The second-order valence-corrected chi connectivity index (χ2v) is 8.10. The largest absolute Gasteiger partial charge is 0.451 e. The van der Waals surface area contributed by atoms with Gasteiger partial charge in [-0.25, -0.2) is 13.9 Å². The lowest BCUT2D eigenvalue weighted by Crippen LogP contribution is -2.37. The standard InChI is InChI=1S/C20H20FN3O3S/c1-11(13-3-4-13)22-18(25)10-27-20(26)17-9-16-12(2)23-24(19(16)28-17)15-7-5-14(21)6-8-15/h5-9,11,13H,3-4,10H2,1-2H3,(H,22,25)/t11-/m0/s1. The first-order chi connectivity index (χ1) is 13.4. The topological polar surface area (TPSA) is 73.2 Å². The molecule has 146 valence electrons. The summed E-state index contributed by atoms with van der Waals surface area (Å²) in [5.41, 5.74) is 1.46. The fourth-order valence-corrected chi connectivity index (χ4v) is 4.19. The molecule has 2 aromatic heterocycles. The highest BCUT2D eigenvalue weighted by atomic mass is 32.1. The van der Waals surface area contributed by atoms with Crippen molar-refractivity contribution >= 4 is 33.4 Å². The highest BCUT2D eigenvalue weighted by molar-refractivity contribution is 7.20. The molecule has 6 nitrogen and oxygen atoms in total. The predicted octanol–water partition coefficient (Wildman–Crippen LogP) is 3.61. The van der Waals surface area contributed by atoms with Crippen molar-refractivity contribution in [3.05, 3.63) is 46.7 Å². The van der Waals surface area contributed by atoms with Crippen LogP contribution in [0.3, 0.4) is 0 Å². The zero-order valence-corrected chi connectivity index (χ0v) is 16.4. The van der Waals surface area contributed by atoms with Crippen LogP contribution in [0.2, 0.25) is 0 Å². The summed E-state index contributed by atoms with van der Waals surface area (Å²) < 4.78 is 20.0. The molecule has 1 fully saturated rings. The number of amides is 1. The normalized spacial score (nSPS) is 14.8. The third-order valence-electron chi connectivity index (χ3n) is 4.87. The second kappa shape index (κ2) is 7.35. The van der Waals surface area contributed by atoms with E-state index in [-0.39, 0.29) is 24.4 Å². The van der Waals surface area contributed by atoms with Gasteiger partial charge in [-0.1, -0.05) is 0 Å². The predicted molar refractivity (Wildman–Crippen MR) is 104 cm³/mol. The van der Waals surface area contributed by atoms with Crippen molar-refractivity contribution in [3.63, 3.8) is 0 Å². The van der Waals surface area contributed by atoms with Crippen LogP contribution in [0, 0.1) is 18.7 Å². The van der Waals surface area contributed by atoms with E-state index in [1.807, 2.05) is 13.8 Å². The van der Waals surface area contributed by atoms with E-state index in [2.05, 4.69) is 10.4 Å². The average Bonchev–Trinajstić information content (AvgIpc) is 3.36. The number of aryl methyl sites for hydroxylation is 1. The summed E-state index contributed by atoms with van der Waals surface area (Å²) >= 11 is 1.23. The summed E-state index contributed by atoms with van der Waals surface area (Å²) in [6.07, 6.45) is 2.26. The van der Waals surface area contributed by atoms with Gasteiger partial charge in [0, 0.05) is 11.4 Å². The highest BCUT2D eigenvalue weighted by Gasteiger charge is 2.29. The van der Waals surface area contributed by atoms with Crippen LogP contribution in [-0.4, -0.2) is 34.3 Å². The molecule has 1 atom stereocenters. The summed E-state index contributed by atoms with van der Waals surface area (Å²) in [5, 5.41) is 8.15. The Kier molecular flexibility index (Phi) is 4.89. The van der Waals surface area contributed by atoms with Crippen LogP contribution in [0.15, 0.2) is 30.3 Å². The van der Waals surface area contributed by atoms with Crippen molar-refractivity contribution < 1.29 is 18.7 Å². The molecule has 1 aliphatic rings. The molecule has 0 spiro atoms. The summed E-state index contributed by atoms with van der Waals surface area (Å²) in [6, 6.07) is 7.81. The highest BCUT2D eigenvalue weighted by Crippen LogP contribution is 2.32. The molecule has 1 amide bonds. The Bertz CT molecular complexity index is 1040. The maximum absolute atomic E-state index is 13.2. The molecule has 0 radical (unpaired) electrons. The van der Waals surface area contributed by atoms with Crippen LogP contribution in [0.25, 0.3) is 15.9 Å². The Hall–Kier alpha value is -2.74. The van der Waals surface area contributed by atoms with Crippen LogP contribution in [0.1, 0.15) is 35.1 Å². The third kappa shape index (κ3) is 3.77. The number of halogens is 1. The number of nitrogens with one attached hydrogen (secondary N) is 1. The Labute approximate surface area is 165 Å². The van der Waals surface area contributed by atoms with Crippen molar-refractivity contribution in [2.45, 2.75) is 32.7 Å². The molecule has 0 aliphatic heterocycles. The van der Waals surface area contributed by atoms with Crippen LogP contribution in [0.5, 0.6) is 0 Å². The van der Waals surface area contributed by atoms with Crippen LogP contribution < -0.4 is 5.32 Å². The van der Waals surface area contributed by atoms with Crippen LogP contribution >= 0.6 is 11.3 Å². The van der Waals surface area contributed by atoms with Gasteiger partial charge in [0.1, 0.15) is 15.5 Å². The number of hydrogen-bond acceptors (Lipinski definition) is 5. The number of fused-ring (bicyclic) bond motifs is 1. The SMILES string of the molecule is Cc1nn(-c2ccc(F)cc2)c2sc(C(=O)OCC(=O)N[C@@H](C)C3CC3)cc12. The maximum Gasteiger partial charge on any atom is 0.348 e. The lowest BCUT2D eigenvalue weighted by atomic mass is 10.2. The maximum atomic E-state index is 13.2. The average molecular weight is 401 g/mol. The minimum absolute atomic E-state index is 0.111. The van der Waals surface area contributed by atoms with Crippen molar-refractivity contribution in [2.24, 2.45) is 5.92 Å². The van der Waals surface area contributed by atoms with Gasteiger partial charge in [0.2, 0.25) is 0 Å². The number of carbonyl (C=O) groups is 2. The number of ether oxygens (including phenoxy) is 1. The van der Waals surface area contributed by atoms with Crippen molar-refractivity contribution in [3.8, 4) is 5.69 Å². The van der Waals surface area contributed by atoms with E-state index in [4.69, 9.17) is 4.74 Å². The van der Waals surface area contributed by atoms with E-state index in [0.717, 1.165) is 28.8 Å².